The quantitative estimate of drug-likeness (QED) is 0.760. The Morgan fingerprint density at radius 1 is 1.36 bits per heavy atom. The zero-order valence-electron chi connectivity index (χ0n) is 8.58. The lowest BCUT2D eigenvalue weighted by atomic mass is 9.85. The fraction of sp³-hybridized carbons (Fsp3) is 0.667. The van der Waals surface area contributed by atoms with E-state index < -0.39 is 0 Å². The minimum atomic E-state index is -0.284. The van der Waals surface area contributed by atoms with E-state index in [4.69, 9.17) is 0 Å². The highest BCUT2D eigenvalue weighted by Crippen LogP contribution is 2.31. The fourth-order valence-electron chi connectivity index (χ4n) is 2.42. The van der Waals surface area contributed by atoms with Crippen LogP contribution in [-0.2, 0) is 0 Å². The Morgan fingerprint density at radius 2 is 2.14 bits per heavy atom. The van der Waals surface area contributed by atoms with Gasteiger partial charge in [0.15, 0.2) is 0 Å². The van der Waals surface area contributed by atoms with Gasteiger partial charge in [-0.05, 0) is 24.5 Å². The average molecular weight is 193 g/mol. The van der Waals surface area contributed by atoms with Crippen LogP contribution in [0.4, 0.5) is 0 Å². The van der Waals surface area contributed by atoms with Gasteiger partial charge in [-0.1, -0.05) is 32.1 Å². The van der Waals surface area contributed by atoms with Crippen molar-refractivity contribution in [3.63, 3.8) is 0 Å². The molecule has 1 aliphatic carbocycles. The number of aliphatic hydroxyl groups excluding tert-OH is 1. The SMILES string of the molecule is OC(CC1CCCCC1)c1ccc[nH]1. The van der Waals surface area contributed by atoms with Crippen LogP contribution in [0.15, 0.2) is 18.3 Å². The molecule has 2 N–H and O–H groups in total. The van der Waals surface area contributed by atoms with E-state index in [2.05, 4.69) is 4.98 Å². The lowest BCUT2D eigenvalue weighted by molar-refractivity contribution is 0.128. The monoisotopic (exact) mass is 193 g/mol. The Kier molecular flexibility index (Phi) is 3.25. The molecule has 1 atom stereocenters. The Labute approximate surface area is 85.3 Å². The first-order valence-electron chi connectivity index (χ1n) is 5.67. The second-order valence-corrected chi connectivity index (χ2v) is 4.38. The van der Waals surface area contributed by atoms with E-state index in [1.54, 1.807) is 0 Å². The molecule has 1 aromatic heterocycles. The minimum absolute atomic E-state index is 0.284. The number of aromatic nitrogens is 1. The lowest BCUT2D eigenvalue weighted by Crippen LogP contribution is -2.11. The van der Waals surface area contributed by atoms with Gasteiger partial charge in [0.1, 0.15) is 0 Å². The van der Waals surface area contributed by atoms with Crippen molar-refractivity contribution in [2.45, 2.75) is 44.6 Å². The summed E-state index contributed by atoms with van der Waals surface area (Å²) in [7, 11) is 0. The van der Waals surface area contributed by atoms with Crippen LogP contribution in [0, 0.1) is 5.92 Å². The summed E-state index contributed by atoms with van der Waals surface area (Å²) in [5.41, 5.74) is 0.968. The number of aliphatic hydroxyl groups is 1. The highest BCUT2D eigenvalue weighted by atomic mass is 16.3. The van der Waals surface area contributed by atoms with Gasteiger partial charge in [0.05, 0.1) is 6.10 Å². The Bertz CT molecular complexity index is 249. The molecule has 2 rings (SSSR count). The zero-order chi connectivity index (χ0) is 9.80. The topological polar surface area (TPSA) is 36.0 Å². The summed E-state index contributed by atoms with van der Waals surface area (Å²) in [6, 6.07) is 3.91. The van der Waals surface area contributed by atoms with Crippen LogP contribution >= 0.6 is 0 Å². The fourth-order valence-corrected chi connectivity index (χ4v) is 2.42. The number of hydrogen-bond donors (Lipinski definition) is 2. The minimum Gasteiger partial charge on any atom is -0.387 e. The Morgan fingerprint density at radius 3 is 2.79 bits per heavy atom. The average Bonchev–Trinajstić information content (AvgIpc) is 2.72. The summed E-state index contributed by atoms with van der Waals surface area (Å²) < 4.78 is 0. The molecule has 1 saturated carbocycles. The molecular weight excluding hydrogens is 174 g/mol. The Balaban J connectivity index is 1.84. The van der Waals surface area contributed by atoms with E-state index in [1.165, 1.54) is 32.1 Å². The second kappa shape index (κ2) is 4.65. The van der Waals surface area contributed by atoms with Gasteiger partial charge in [-0.25, -0.2) is 0 Å². The van der Waals surface area contributed by atoms with Crippen LogP contribution in [0.3, 0.4) is 0 Å². The first-order valence-corrected chi connectivity index (χ1v) is 5.67. The van der Waals surface area contributed by atoms with Gasteiger partial charge in [-0.15, -0.1) is 0 Å². The van der Waals surface area contributed by atoms with Gasteiger partial charge in [0.25, 0.3) is 0 Å². The smallest absolute Gasteiger partial charge is 0.0940 e. The summed E-state index contributed by atoms with van der Waals surface area (Å²) >= 11 is 0. The van der Waals surface area contributed by atoms with Crippen LogP contribution in [-0.4, -0.2) is 10.1 Å². The predicted octanol–water partition coefficient (Wildman–Crippen LogP) is 3.02. The largest absolute Gasteiger partial charge is 0.387 e. The van der Waals surface area contributed by atoms with Crippen molar-refractivity contribution in [2.24, 2.45) is 5.92 Å². The normalized spacial score (nSPS) is 20.9. The summed E-state index contributed by atoms with van der Waals surface area (Å²) in [6.45, 7) is 0. The molecule has 1 aliphatic rings. The van der Waals surface area contributed by atoms with E-state index in [0.717, 1.165) is 18.0 Å². The maximum Gasteiger partial charge on any atom is 0.0940 e. The molecule has 0 aliphatic heterocycles. The third-order valence-electron chi connectivity index (χ3n) is 3.26. The van der Waals surface area contributed by atoms with Crippen molar-refractivity contribution < 1.29 is 5.11 Å². The van der Waals surface area contributed by atoms with Crippen molar-refractivity contribution in [1.82, 2.24) is 4.98 Å². The molecule has 0 bridgehead atoms. The molecule has 0 spiro atoms. The molecule has 1 aromatic rings. The second-order valence-electron chi connectivity index (χ2n) is 4.38. The summed E-state index contributed by atoms with van der Waals surface area (Å²) in [5, 5.41) is 9.93. The van der Waals surface area contributed by atoms with Gasteiger partial charge in [-0.2, -0.15) is 0 Å². The van der Waals surface area contributed by atoms with Crippen molar-refractivity contribution >= 4 is 0 Å². The first kappa shape index (κ1) is 9.78. The van der Waals surface area contributed by atoms with Crippen LogP contribution in [0.2, 0.25) is 0 Å². The highest BCUT2D eigenvalue weighted by Gasteiger charge is 2.18. The molecule has 78 valence electrons. The van der Waals surface area contributed by atoms with Crippen LogP contribution in [0.5, 0.6) is 0 Å². The molecule has 2 nitrogen and oxygen atoms in total. The van der Waals surface area contributed by atoms with E-state index in [-0.39, 0.29) is 6.10 Å². The molecule has 1 unspecified atom stereocenters. The zero-order valence-corrected chi connectivity index (χ0v) is 8.58. The van der Waals surface area contributed by atoms with E-state index >= 15 is 0 Å². The third-order valence-corrected chi connectivity index (χ3v) is 3.26. The van der Waals surface area contributed by atoms with Crippen molar-refractivity contribution in [3.8, 4) is 0 Å². The standard InChI is InChI=1S/C12H19NO/c14-12(11-7-4-8-13-11)9-10-5-2-1-3-6-10/h4,7-8,10,12-14H,1-3,5-6,9H2. The van der Waals surface area contributed by atoms with Gasteiger partial charge in [-0.3, -0.25) is 0 Å². The van der Waals surface area contributed by atoms with E-state index in [0.29, 0.717) is 0 Å². The van der Waals surface area contributed by atoms with Crippen LogP contribution < -0.4 is 0 Å². The summed E-state index contributed by atoms with van der Waals surface area (Å²) in [4.78, 5) is 3.08. The molecule has 14 heavy (non-hydrogen) atoms. The molecule has 1 fully saturated rings. The number of hydrogen-bond acceptors (Lipinski definition) is 1. The molecular formula is C12H19NO. The van der Waals surface area contributed by atoms with E-state index in [1.807, 2.05) is 18.3 Å². The molecule has 0 saturated heterocycles. The van der Waals surface area contributed by atoms with Gasteiger partial charge in [0, 0.05) is 11.9 Å². The number of aromatic amines is 1. The maximum absolute atomic E-state index is 9.93. The van der Waals surface area contributed by atoms with Crippen molar-refractivity contribution in [1.29, 1.82) is 0 Å². The molecule has 0 aromatic carbocycles. The van der Waals surface area contributed by atoms with Crippen molar-refractivity contribution in [2.75, 3.05) is 0 Å². The maximum atomic E-state index is 9.93. The molecule has 1 heterocycles. The van der Waals surface area contributed by atoms with Gasteiger partial charge in [0.2, 0.25) is 0 Å². The highest BCUT2D eigenvalue weighted by molar-refractivity contribution is 5.06. The van der Waals surface area contributed by atoms with Gasteiger partial charge < -0.3 is 10.1 Å². The van der Waals surface area contributed by atoms with E-state index in [9.17, 15) is 5.11 Å². The van der Waals surface area contributed by atoms with Crippen molar-refractivity contribution in [3.05, 3.63) is 24.0 Å². The van der Waals surface area contributed by atoms with Crippen LogP contribution in [0.1, 0.15) is 50.3 Å². The molecule has 0 radical (unpaired) electrons. The number of H-pyrrole nitrogens is 1. The molecule has 0 amide bonds. The summed E-state index contributed by atoms with van der Waals surface area (Å²) in [5.74, 6) is 0.738. The number of rotatable bonds is 3. The predicted molar refractivity (Wildman–Crippen MR) is 56.9 cm³/mol. The first-order chi connectivity index (χ1) is 6.86. The summed E-state index contributed by atoms with van der Waals surface area (Å²) in [6.07, 6.45) is 9.21. The lowest BCUT2D eigenvalue weighted by Gasteiger charge is -2.23. The van der Waals surface area contributed by atoms with Gasteiger partial charge >= 0.3 is 0 Å². The Hall–Kier alpha value is -0.760. The number of nitrogens with one attached hydrogen (secondary N) is 1. The third kappa shape index (κ3) is 2.38. The molecule has 2 heteroatoms. The van der Waals surface area contributed by atoms with Crippen LogP contribution in [0.25, 0.3) is 0 Å².